The molecule has 4 heterocycles. The van der Waals surface area contributed by atoms with Gasteiger partial charge in [-0.2, -0.15) is 0 Å². The van der Waals surface area contributed by atoms with Gasteiger partial charge in [0.15, 0.2) is 0 Å². The molecule has 0 aliphatic heterocycles. The molecule has 218 valence electrons. The van der Waals surface area contributed by atoms with Crippen LogP contribution in [-0.4, -0.2) is 18.8 Å². The molecule has 45 heavy (non-hydrogen) atoms. The first-order valence-corrected chi connectivity index (χ1v) is 14.7. The van der Waals surface area contributed by atoms with Gasteiger partial charge in [0.25, 0.3) is 0 Å². The molecule has 0 spiro atoms. The Bertz CT molecular complexity index is 2610. The Hall–Kier alpha value is -4.99. The van der Waals surface area contributed by atoms with Gasteiger partial charge in [-0.3, -0.25) is 9.97 Å². The maximum Gasteiger partial charge on any atom is 2.00 e. The molecule has 0 aliphatic rings. The molecular formula is C39H26N4OPt. The van der Waals surface area contributed by atoms with Crippen LogP contribution < -0.4 is 4.74 Å². The van der Waals surface area contributed by atoms with Crippen LogP contribution in [0, 0.1) is 32.9 Å². The summed E-state index contributed by atoms with van der Waals surface area (Å²) >= 11 is 0. The third-order valence-corrected chi connectivity index (χ3v) is 8.75. The van der Waals surface area contributed by atoms with E-state index in [0.29, 0.717) is 11.5 Å². The Morgan fingerprint density at radius 3 is 1.82 bits per heavy atom. The minimum Gasteiger partial charge on any atom is -0.497 e. The summed E-state index contributed by atoms with van der Waals surface area (Å²) in [6.45, 7) is 6.54. The van der Waals surface area contributed by atoms with Crippen molar-refractivity contribution in [1.29, 1.82) is 0 Å². The monoisotopic (exact) mass is 761 g/mol. The van der Waals surface area contributed by atoms with Gasteiger partial charge in [0.05, 0.1) is 11.3 Å². The molecule has 6 heteroatoms. The number of hydrogen-bond donors (Lipinski definition) is 0. The number of para-hydroxylation sites is 1. The molecule has 5 nitrogen and oxygen atoms in total. The van der Waals surface area contributed by atoms with E-state index >= 15 is 0 Å². The number of hydrogen-bond acceptors (Lipinski definition) is 3. The van der Waals surface area contributed by atoms with Crippen molar-refractivity contribution in [3.05, 3.63) is 132 Å². The average molecular weight is 762 g/mol. The van der Waals surface area contributed by atoms with Crippen LogP contribution in [0.1, 0.15) is 16.7 Å². The molecule has 0 aliphatic carbocycles. The van der Waals surface area contributed by atoms with Gasteiger partial charge in [0, 0.05) is 47.3 Å². The van der Waals surface area contributed by atoms with Crippen molar-refractivity contribution in [1.82, 2.24) is 18.8 Å². The van der Waals surface area contributed by atoms with E-state index in [1.54, 1.807) is 0 Å². The fourth-order valence-electron chi connectivity index (χ4n) is 7.02. The molecule has 5 aromatic carbocycles. The van der Waals surface area contributed by atoms with Gasteiger partial charge in [0.2, 0.25) is 0 Å². The van der Waals surface area contributed by atoms with E-state index in [1.807, 2.05) is 36.9 Å². The molecule has 0 radical (unpaired) electrons. The van der Waals surface area contributed by atoms with Crippen LogP contribution in [0.2, 0.25) is 0 Å². The van der Waals surface area contributed by atoms with E-state index in [4.69, 9.17) is 9.72 Å². The number of benzene rings is 5. The number of aryl methyl sites for hydroxylation is 3. The van der Waals surface area contributed by atoms with Crippen molar-refractivity contribution in [2.24, 2.45) is 0 Å². The molecule has 0 unspecified atom stereocenters. The average Bonchev–Trinajstić information content (AvgIpc) is 3.72. The van der Waals surface area contributed by atoms with Gasteiger partial charge in [-0.05, 0) is 65.9 Å². The van der Waals surface area contributed by atoms with E-state index in [-0.39, 0.29) is 21.1 Å². The summed E-state index contributed by atoms with van der Waals surface area (Å²) in [5, 5.41) is 6.31. The number of nitrogens with zero attached hydrogens (tertiary/aromatic N) is 4. The minimum absolute atomic E-state index is 0. The molecule has 0 bridgehead atoms. The van der Waals surface area contributed by atoms with Gasteiger partial charge < -0.3 is 13.5 Å². The normalized spacial score (nSPS) is 11.7. The second-order valence-corrected chi connectivity index (χ2v) is 11.6. The first kappa shape index (κ1) is 27.5. The van der Waals surface area contributed by atoms with Crippen LogP contribution >= 0.6 is 0 Å². The maximum absolute atomic E-state index is 6.42. The molecule has 9 rings (SSSR count). The largest absolute Gasteiger partial charge is 2.00 e. The van der Waals surface area contributed by atoms with Crippen molar-refractivity contribution in [3.63, 3.8) is 0 Å². The van der Waals surface area contributed by atoms with Crippen LogP contribution in [0.5, 0.6) is 11.5 Å². The quantitative estimate of drug-likeness (QED) is 0.133. The summed E-state index contributed by atoms with van der Waals surface area (Å²) in [6, 6.07) is 34.8. The number of ether oxygens (including phenoxy) is 1. The second-order valence-electron chi connectivity index (χ2n) is 11.6. The smallest absolute Gasteiger partial charge is 0.497 e. The molecule has 0 saturated heterocycles. The number of imidazole rings is 2. The molecule has 0 fully saturated rings. The zero-order valence-electron chi connectivity index (χ0n) is 24.8. The Labute approximate surface area is 274 Å². The summed E-state index contributed by atoms with van der Waals surface area (Å²) in [6.07, 6.45) is 7.67. The summed E-state index contributed by atoms with van der Waals surface area (Å²) in [4.78, 5) is 9.36. The standard InChI is InChI=1S/C39H26N4O.Pt/c1-23-18-24(2)37(25(3)19-23)26-8-13-36-32(20-26)30-12-10-28(22-34(30)39-41-15-17-43(36)39)44-27-9-11-29-31-6-4-5-7-35(31)42-16-14-40-38(42)33(29)21-27;/h4-20H,1-3H3;/q-2;+2. The van der Waals surface area contributed by atoms with Gasteiger partial charge in [0.1, 0.15) is 0 Å². The van der Waals surface area contributed by atoms with Crippen molar-refractivity contribution in [2.75, 3.05) is 0 Å². The molecule has 4 aromatic heterocycles. The van der Waals surface area contributed by atoms with E-state index < -0.39 is 0 Å². The van der Waals surface area contributed by atoms with E-state index in [0.717, 1.165) is 54.6 Å². The fourth-order valence-corrected chi connectivity index (χ4v) is 7.02. The SMILES string of the molecule is Cc1cc(C)c(-c2ccc3c(c2)c2ccc(Oc4[c-]c5c(cc4)c4ccccc4n4ccnc54)[c-]c2c2nccn32)c(C)c1.[Pt+2]. The minimum atomic E-state index is 0. The van der Waals surface area contributed by atoms with Crippen LogP contribution in [0.3, 0.4) is 0 Å². The maximum atomic E-state index is 6.42. The fraction of sp³-hybridized carbons (Fsp3) is 0.0769. The molecule has 9 aromatic rings. The topological polar surface area (TPSA) is 43.8 Å². The molecular weight excluding hydrogens is 736 g/mol. The predicted molar refractivity (Wildman–Crippen MR) is 178 cm³/mol. The van der Waals surface area contributed by atoms with Gasteiger partial charge in [-0.1, -0.05) is 93.8 Å². The van der Waals surface area contributed by atoms with Crippen LogP contribution in [0.15, 0.2) is 104 Å². The van der Waals surface area contributed by atoms with Crippen LogP contribution in [0.4, 0.5) is 0 Å². The second kappa shape index (κ2) is 10.3. The van der Waals surface area contributed by atoms with E-state index in [1.165, 1.54) is 27.8 Å². The summed E-state index contributed by atoms with van der Waals surface area (Å²) in [7, 11) is 0. The van der Waals surface area contributed by atoms with Crippen molar-refractivity contribution in [2.45, 2.75) is 20.8 Å². The van der Waals surface area contributed by atoms with Gasteiger partial charge >= 0.3 is 21.1 Å². The zero-order chi connectivity index (χ0) is 29.5. The molecule has 0 saturated carbocycles. The predicted octanol–water partition coefficient (Wildman–Crippen LogP) is 9.58. The number of rotatable bonds is 3. The van der Waals surface area contributed by atoms with Crippen LogP contribution in [-0.2, 0) is 21.1 Å². The summed E-state index contributed by atoms with van der Waals surface area (Å²) in [5.41, 5.74) is 10.3. The van der Waals surface area contributed by atoms with E-state index in [2.05, 4.69) is 113 Å². The third kappa shape index (κ3) is 4.18. The first-order valence-electron chi connectivity index (χ1n) is 14.7. The molecule has 0 amide bonds. The van der Waals surface area contributed by atoms with Gasteiger partial charge in [-0.15, -0.1) is 12.1 Å². The summed E-state index contributed by atoms with van der Waals surface area (Å²) < 4.78 is 10.7. The van der Waals surface area contributed by atoms with Crippen molar-refractivity contribution >= 4 is 54.6 Å². The van der Waals surface area contributed by atoms with Crippen LogP contribution in [0.25, 0.3) is 65.8 Å². The first-order chi connectivity index (χ1) is 21.5. The Balaban J connectivity index is 0.00000300. The molecule has 0 N–H and O–H groups in total. The summed E-state index contributed by atoms with van der Waals surface area (Å²) in [5.74, 6) is 1.22. The Kier molecular flexibility index (Phi) is 6.30. The zero-order valence-corrected chi connectivity index (χ0v) is 27.1. The van der Waals surface area contributed by atoms with Crippen molar-refractivity contribution in [3.8, 4) is 22.6 Å². The third-order valence-electron chi connectivity index (χ3n) is 8.75. The number of fused-ring (bicyclic) bond motifs is 12. The Morgan fingerprint density at radius 1 is 0.600 bits per heavy atom. The number of pyridine rings is 2. The Morgan fingerprint density at radius 2 is 1.18 bits per heavy atom. The van der Waals surface area contributed by atoms with E-state index in [9.17, 15) is 0 Å². The molecule has 0 atom stereocenters. The van der Waals surface area contributed by atoms with Crippen molar-refractivity contribution < 1.29 is 25.8 Å². The number of aromatic nitrogens is 4. The van der Waals surface area contributed by atoms with Gasteiger partial charge in [-0.25, -0.2) is 0 Å².